The fraction of sp³-hybridized carbons (Fsp3) is 0.600. The zero-order valence-corrected chi connectivity index (χ0v) is 8.17. The summed E-state index contributed by atoms with van der Waals surface area (Å²) in [6, 6.07) is 0. The molecule has 1 aromatic heterocycles. The van der Waals surface area contributed by atoms with Gasteiger partial charge in [0.2, 0.25) is 0 Å². The van der Waals surface area contributed by atoms with Gasteiger partial charge in [-0.2, -0.15) is 0 Å². The Balaban J connectivity index is 2.24. The molecule has 3 heteroatoms. The molecule has 1 N–H and O–H groups in total. The van der Waals surface area contributed by atoms with Crippen LogP contribution in [0.4, 0.5) is 5.69 Å². The standard InChI is InChI=1S/C10H15N3/c1-7-9(11-2)6-12-10(13-7)8-4-3-5-8/h6,8,11H,3-5H2,1-2H3. The topological polar surface area (TPSA) is 37.8 Å². The third-order valence-electron chi connectivity index (χ3n) is 2.74. The van der Waals surface area contributed by atoms with Crippen LogP contribution in [0, 0.1) is 6.92 Å². The molecule has 0 amide bonds. The summed E-state index contributed by atoms with van der Waals surface area (Å²) in [7, 11) is 1.90. The Morgan fingerprint density at radius 1 is 1.46 bits per heavy atom. The van der Waals surface area contributed by atoms with E-state index in [1.54, 1.807) is 0 Å². The number of aryl methyl sites for hydroxylation is 1. The maximum atomic E-state index is 4.49. The van der Waals surface area contributed by atoms with Gasteiger partial charge in [0.05, 0.1) is 17.6 Å². The molecule has 1 fully saturated rings. The van der Waals surface area contributed by atoms with Crippen LogP contribution in [0.25, 0.3) is 0 Å². The van der Waals surface area contributed by atoms with E-state index in [9.17, 15) is 0 Å². The third kappa shape index (κ3) is 1.50. The van der Waals surface area contributed by atoms with Crippen LogP contribution in [0.5, 0.6) is 0 Å². The molecule has 0 unspecified atom stereocenters. The number of hydrogen-bond donors (Lipinski definition) is 1. The van der Waals surface area contributed by atoms with E-state index < -0.39 is 0 Å². The Hall–Kier alpha value is -1.12. The first kappa shape index (κ1) is 8.48. The van der Waals surface area contributed by atoms with E-state index in [1.165, 1.54) is 19.3 Å². The summed E-state index contributed by atoms with van der Waals surface area (Å²) in [6.45, 7) is 2.02. The Morgan fingerprint density at radius 3 is 2.69 bits per heavy atom. The molecule has 0 atom stereocenters. The second-order valence-electron chi connectivity index (χ2n) is 3.61. The number of nitrogens with zero attached hydrogens (tertiary/aromatic N) is 2. The third-order valence-corrected chi connectivity index (χ3v) is 2.74. The molecular weight excluding hydrogens is 162 g/mol. The van der Waals surface area contributed by atoms with Crippen LogP contribution < -0.4 is 5.32 Å². The van der Waals surface area contributed by atoms with E-state index in [4.69, 9.17) is 0 Å². The fourth-order valence-corrected chi connectivity index (χ4v) is 1.59. The minimum absolute atomic E-state index is 0.629. The molecule has 0 aromatic carbocycles. The van der Waals surface area contributed by atoms with E-state index >= 15 is 0 Å². The van der Waals surface area contributed by atoms with Gasteiger partial charge in [0.1, 0.15) is 5.82 Å². The predicted molar refractivity (Wildman–Crippen MR) is 52.9 cm³/mol. The minimum Gasteiger partial charge on any atom is -0.385 e. The van der Waals surface area contributed by atoms with Gasteiger partial charge in [0, 0.05) is 13.0 Å². The lowest BCUT2D eigenvalue weighted by molar-refractivity contribution is 0.401. The van der Waals surface area contributed by atoms with Crippen LogP contribution in [0.1, 0.15) is 36.7 Å². The molecule has 13 heavy (non-hydrogen) atoms. The van der Waals surface area contributed by atoms with Crippen molar-refractivity contribution in [1.82, 2.24) is 9.97 Å². The van der Waals surface area contributed by atoms with Crippen molar-refractivity contribution in [2.75, 3.05) is 12.4 Å². The lowest BCUT2D eigenvalue weighted by Gasteiger charge is -2.24. The molecule has 0 radical (unpaired) electrons. The Labute approximate surface area is 78.6 Å². The number of aromatic nitrogens is 2. The predicted octanol–water partition coefficient (Wildman–Crippen LogP) is 2.09. The van der Waals surface area contributed by atoms with Gasteiger partial charge in [0.25, 0.3) is 0 Å². The van der Waals surface area contributed by atoms with Crippen molar-refractivity contribution < 1.29 is 0 Å². The van der Waals surface area contributed by atoms with E-state index in [1.807, 2.05) is 20.2 Å². The molecule has 0 aliphatic heterocycles. The van der Waals surface area contributed by atoms with Crippen LogP contribution in [0.2, 0.25) is 0 Å². The van der Waals surface area contributed by atoms with Crippen LogP contribution in [-0.4, -0.2) is 17.0 Å². The largest absolute Gasteiger partial charge is 0.385 e. The van der Waals surface area contributed by atoms with Crippen molar-refractivity contribution in [3.8, 4) is 0 Å². The van der Waals surface area contributed by atoms with Gasteiger partial charge >= 0.3 is 0 Å². The van der Waals surface area contributed by atoms with Crippen molar-refractivity contribution in [3.05, 3.63) is 17.7 Å². The first-order chi connectivity index (χ1) is 6.31. The molecule has 1 aliphatic carbocycles. The summed E-state index contributed by atoms with van der Waals surface area (Å²) in [5.74, 6) is 1.66. The van der Waals surface area contributed by atoms with E-state index in [2.05, 4.69) is 15.3 Å². The number of anilines is 1. The van der Waals surface area contributed by atoms with E-state index in [0.29, 0.717) is 5.92 Å². The molecule has 70 valence electrons. The number of nitrogens with one attached hydrogen (secondary N) is 1. The van der Waals surface area contributed by atoms with Gasteiger partial charge in [0.15, 0.2) is 0 Å². The molecule has 3 nitrogen and oxygen atoms in total. The lowest BCUT2D eigenvalue weighted by atomic mass is 9.85. The highest BCUT2D eigenvalue weighted by Gasteiger charge is 2.22. The van der Waals surface area contributed by atoms with Crippen LogP contribution >= 0.6 is 0 Å². The van der Waals surface area contributed by atoms with Gasteiger partial charge in [-0.05, 0) is 19.8 Å². The first-order valence-electron chi connectivity index (χ1n) is 4.82. The van der Waals surface area contributed by atoms with Crippen LogP contribution in [-0.2, 0) is 0 Å². The Morgan fingerprint density at radius 2 is 2.23 bits per heavy atom. The SMILES string of the molecule is CNc1cnc(C2CCC2)nc1C. The average molecular weight is 177 g/mol. The lowest BCUT2D eigenvalue weighted by Crippen LogP contribution is -2.13. The summed E-state index contributed by atoms with van der Waals surface area (Å²) < 4.78 is 0. The molecule has 1 saturated carbocycles. The highest BCUT2D eigenvalue weighted by Crippen LogP contribution is 2.34. The summed E-state index contributed by atoms with van der Waals surface area (Å²) in [6.07, 6.45) is 5.74. The zero-order valence-electron chi connectivity index (χ0n) is 8.17. The van der Waals surface area contributed by atoms with Crippen molar-refractivity contribution >= 4 is 5.69 Å². The summed E-state index contributed by atoms with van der Waals surface area (Å²) in [5.41, 5.74) is 2.09. The summed E-state index contributed by atoms with van der Waals surface area (Å²) in [4.78, 5) is 8.85. The van der Waals surface area contributed by atoms with E-state index in [-0.39, 0.29) is 0 Å². The summed E-state index contributed by atoms with van der Waals surface area (Å²) >= 11 is 0. The highest BCUT2D eigenvalue weighted by atomic mass is 15.0. The highest BCUT2D eigenvalue weighted by molar-refractivity contribution is 5.44. The smallest absolute Gasteiger partial charge is 0.131 e. The molecule has 1 heterocycles. The van der Waals surface area contributed by atoms with Crippen molar-refractivity contribution in [3.63, 3.8) is 0 Å². The Bertz CT molecular complexity index is 305. The number of rotatable bonds is 2. The maximum absolute atomic E-state index is 4.49. The zero-order chi connectivity index (χ0) is 9.26. The molecule has 1 aromatic rings. The van der Waals surface area contributed by atoms with Crippen molar-refractivity contribution in [1.29, 1.82) is 0 Å². The second-order valence-corrected chi connectivity index (χ2v) is 3.61. The molecule has 2 rings (SSSR count). The molecule has 0 spiro atoms. The Kier molecular flexibility index (Phi) is 2.17. The fourth-order valence-electron chi connectivity index (χ4n) is 1.59. The van der Waals surface area contributed by atoms with E-state index in [0.717, 1.165) is 17.2 Å². The second kappa shape index (κ2) is 3.32. The van der Waals surface area contributed by atoms with Gasteiger partial charge in [-0.15, -0.1) is 0 Å². The molecule has 1 aliphatic rings. The van der Waals surface area contributed by atoms with Crippen LogP contribution in [0.15, 0.2) is 6.20 Å². The monoisotopic (exact) mass is 177 g/mol. The summed E-state index contributed by atoms with van der Waals surface area (Å²) in [5, 5.41) is 3.07. The maximum Gasteiger partial charge on any atom is 0.131 e. The first-order valence-corrected chi connectivity index (χ1v) is 4.82. The van der Waals surface area contributed by atoms with Gasteiger partial charge in [-0.3, -0.25) is 0 Å². The molecule has 0 bridgehead atoms. The normalized spacial score (nSPS) is 16.8. The van der Waals surface area contributed by atoms with Gasteiger partial charge < -0.3 is 5.32 Å². The van der Waals surface area contributed by atoms with Crippen LogP contribution in [0.3, 0.4) is 0 Å². The molecular formula is C10H15N3. The van der Waals surface area contributed by atoms with Crippen molar-refractivity contribution in [2.45, 2.75) is 32.1 Å². The van der Waals surface area contributed by atoms with Crippen molar-refractivity contribution in [2.24, 2.45) is 0 Å². The average Bonchev–Trinajstić information content (AvgIpc) is 2.01. The molecule has 0 saturated heterocycles. The van der Waals surface area contributed by atoms with Gasteiger partial charge in [-0.1, -0.05) is 6.42 Å². The number of hydrogen-bond acceptors (Lipinski definition) is 3. The van der Waals surface area contributed by atoms with Gasteiger partial charge in [-0.25, -0.2) is 9.97 Å². The minimum atomic E-state index is 0.629. The quantitative estimate of drug-likeness (QED) is 0.751.